The molecule has 0 saturated carbocycles. The number of carbonyl (C=O) groups is 1. The number of aromatic carboxylic acids is 1. The summed E-state index contributed by atoms with van der Waals surface area (Å²) in [5.74, 6) is -1.42. The van der Waals surface area contributed by atoms with E-state index in [1.165, 1.54) is 6.20 Å². The quantitative estimate of drug-likeness (QED) is 0.545. The summed E-state index contributed by atoms with van der Waals surface area (Å²) >= 11 is 0. The van der Waals surface area contributed by atoms with E-state index in [0.717, 1.165) is 24.3 Å². The van der Waals surface area contributed by atoms with Crippen molar-refractivity contribution in [2.45, 2.75) is 5.03 Å². The van der Waals surface area contributed by atoms with Crippen molar-refractivity contribution in [2.75, 3.05) is 4.72 Å². The lowest BCUT2D eigenvalue weighted by molar-refractivity contribution is -0.384. The molecule has 0 atom stereocenters. The molecule has 11 heteroatoms. The van der Waals surface area contributed by atoms with Crippen molar-refractivity contribution in [3.63, 3.8) is 0 Å². The molecule has 0 aliphatic rings. The van der Waals surface area contributed by atoms with E-state index >= 15 is 0 Å². The molecule has 1 aromatic heterocycles. The van der Waals surface area contributed by atoms with Crippen molar-refractivity contribution >= 4 is 27.4 Å². The molecular weight excluding hydrogens is 304 g/mol. The molecule has 1 heterocycles. The molecule has 110 valence electrons. The van der Waals surface area contributed by atoms with Gasteiger partial charge in [0.2, 0.25) is 0 Å². The summed E-state index contributed by atoms with van der Waals surface area (Å²) in [4.78, 5) is 21.0. The van der Waals surface area contributed by atoms with Crippen LogP contribution in [0.3, 0.4) is 0 Å². The van der Waals surface area contributed by atoms with E-state index in [-0.39, 0.29) is 5.03 Å². The lowest BCUT2D eigenvalue weighted by Gasteiger charge is -2.09. The number of nitrogens with one attached hydrogen (secondary N) is 2. The monoisotopic (exact) mass is 312 g/mol. The molecule has 2 aromatic rings. The second-order valence-corrected chi connectivity index (χ2v) is 5.47. The minimum atomic E-state index is -4.12. The maximum atomic E-state index is 12.0. The number of nitro groups is 1. The molecule has 0 aliphatic carbocycles. The average Bonchev–Trinajstić information content (AvgIpc) is 2.92. The minimum Gasteiger partial charge on any atom is -0.478 e. The van der Waals surface area contributed by atoms with Crippen molar-refractivity contribution in [1.82, 2.24) is 10.2 Å². The molecule has 1 aromatic carbocycles. The third-order valence-corrected chi connectivity index (χ3v) is 3.75. The first-order valence-electron chi connectivity index (χ1n) is 5.35. The van der Waals surface area contributed by atoms with Crippen LogP contribution in [-0.4, -0.2) is 34.6 Å². The maximum absolute atomic E-state index is 12.0. The van der Waals surface area contributed by atoms with Crippen LogP contribution >= 0.6 is 0 Å². The smallest absolute Gasteiger partial charge is 0.337 e. The Morgan fingerprint density at radius 2 is 2.10 bits per heavy atom. The lowest BCUT2D eigenvalue weighted by Crippen LogP contribution is -2.16. The number of nitrogens with zero attached hydrogens (tertiary/aromatic N) is 2. The summed E-state index contributed by atoms with van der Waals surface area (Å²) in [7, 11) is -4.12. The minimum absolute atomic E-state index is 0.301. The van der Waals surface area contributed by atoms with Crippen LogP contribution in [0.1, 0.15) is 10.4 Å². The van der Waals surface area contributed by atoms with Gasteiger partial charge in [-0.15, -0.1) is 0 Å². The van der Waals surface area contributed by atoms with Gasteiger partial charge in [0.15, 0.2) is 5.03 Å². The van der Waals surface area contributed by atoms with Gasteiger partial charge in [-0.1, -0.05) is 0 Å². The van der Waals surface area contributed by atoms with Gasteiger partial charge in [-0.3, -0.25) is 19.9 Å². The van der Waals surface area contributed by atoms with E-state index in [0.29, 0.717) is 0 Å². The van der Waals surface area contributed by atoms with Gasteiger partial charge in [0.1, 0.15) is 0 Å². The number of sulfonamides is 1. The number of anilines is 1. The van der Waals surface area contributed by atoms with E-state index in [9.17, 15) is 23.3 Å². The van der Waals surface area contributed by atoms with Crippen LogP contribution in [0.2, 0.25) is 0 Å². The fraction of sp³-hybridized carbons (Fsp3) is 0. The highest BCUT2D eigenvalue weighted by molar-refractivity contribution is 7.92. The van der Waals surface area contributed by atoms with E-state index in [2.05, 4.69) is 10.2 Å². The molecule has 0 radical (unpaired) electrons. The fourth-order valence-corrected chi connectivity index (χ4v) is 2.49. The Bertz CT molecular complexity index is 799. The number of aromatic amines is 1. The molecule has 0 amide bonds. The van der Waals surface area contributed by atoms with Crippen LogP contribution < -0.4 is 4.72 Å². The normalized spacial score (nSPS) is 11.0. The van der Waals surface area contributed by atoms with Crippen molar-refractivity contribution in [3.05, 3.63) is 46.1 Å². The predicted molar refractivity (Wildman–Crippen MR) is 69.5 cm³/mol. The zero-order valence-corrected chi connectivity index (χ0v) is 11.0. The van der Waals surface area contributed by atoms with Gasteiger partial charge in [-0.2, -0.15) is 13.5 Å². The fourth-order valence-electron chi connectivity index (χ4n) is 1.51. The van der Waals surface area contributed by atoms with Gasteiger partial charge in [0, 0.05) is 12.1 Å². The van der Waals surface area contributed by atoms with Crippen LogP contribution in [0.4, 0.5) is 11.4 Å². The number of rotatable bonds is 5. The number of nitro benzene ring substituents is 1. The summed E-state index contributed by atoms with van der Waals surface area (Å²) in [6.45, 7) is 0. The van der Waals surface area contributed by atoms with E-state index in [4.69, 9.17) is 5.11 Å². The first kappa shape index (κ1) is 14.5. The average molecular weight is 312 g/mol. The summed E-state index contributed by atoms with van der Waals surface area (Å²) in [5.41, 5.74) is -1.27. The highest BCUT2D eigenvalue weighted by Gasteiger charge is 2.22. The van der Waals surface area contributed by atoms with Gasteiger partial charge < -0.3 is 5.11 Å². The molecule has 0 spiro atoms. The zero-order chi connectivity index (χ0) is 15.6. The Morgan fingerprint density at radius 3 is 2.62 bits per heavy atom. The SMILES string of the molecule is O=C(O)c1ccc([N+](=O)[O-])cc1NS(=O)(=O)c1ccn[nH]1. The summed E-state index contributed by atoms with van der Waals surface area (Å²) < 4.78 is 25.9. The van der Waals surface area contributed by atoms with Gasteiger partial charge >= 0.3 is 5.97 Å². The highest BCUT2D eigenvalue weighted by Crippen LogP contribution is 2.24. The number of non-ortho nitro benzene ring substituents is 1. The highest BCUT2D eigenvalue weighted by atomic mass is 32.2. The number of aromatic nitrogens is 2. The molecule has 0 unspecified atom stereocenters. The van der Waals surface area contributed by atoms with E-state index in [1.54, 1.807) is 0 Å². The molecule has 0 bridgehead atoms. The number of hydrogen-bond donors (Lipinski definition) is 3. The largest absolute Gasteiger partial charge is 0.478 e. The molecule has 0 fully saturated rings. The van der Waals surface area contributed by atoms with Crippen LogP contribution in [0.25, 0.3) is 0 Å². The number of carboxylic acids is 1. The van der Waals surface area contributed by atoms with E-state index < -0.39 is 37.9 Å². The van der Waals surface area contributed by atoms with Crippen LogP contribution in [0.15, 0.2) is 35.5 Å². The third kappa shape index (κ3) is 2.97. The van der Waals surface area contributed by atoms with Crippen LogP contribution in [-0.2, 0) is 10.0 Å². The molecule has 0 saturated heterocycles. The first-order chi connectivity index (χ1) is 9.81. The van der Waals surface area contributed by atoms with Crippen molar-refractivity contribution in [1.29, 1.82) is 0 Å². The summed E-state index contributed by atoms with van der Waals surface area (Å²) in [6.07, 6.45) is 1.19. The van der Waals surface area contributed by atoms with Gasteiger partial charge in [-0.05, 0) is 12.1 Å². The predicted octanol–water partition coefficient (Wildman–Crippen LogP) is 0.817. The van der Waals surface area contributed by atoms with Crippen LogP contribution in [0.5, 0.6) is 0 Å². The second-order valence-electron chi connectivity index (χ2n) is 3.82. The molecule has 0 aliphatic heterocycles. The molecular formula is C10H8N4O6S. The maximum Gasteiger partial charge on any atom is 0.337 e. The van der Waals surface area contributed by atoms with Crippen molar-refractivity contribution in [3.8, 4) is 0 Å². The van der Waals surface area contributed by atoms with Gasteiger partial charge in [0.05, 0.1) is 22.4 Å². The van der Waals surface area contributed by atoms with Crippen molar-refractivity contribution < 1.29 is 23.2 Å². The Morgan fingerprint density at radius 1 is 1.38 bits per heavy atom. The topological polar surface area (TPSA) is 155 Å². The molecule has 21 heavy (non-hydrogen) atoms. The Balaban J connectivity index is 2.49. The Kier molecular flexibility index (Phi) is 3.58. The Hall–Kier alpha value is -2.95. The van der Waals surface area contributed by atoms with Crippen molar-refractivity contribution in [2.24, 2.45) is 0 Å². The number of benzene rings is 1. The summed E-state index contributed by atoms with van der Waals surface area (Å²) in [5, 5.41) is 25.1. The van der Waals surface area contributed by atoms with E-state index in [1.807, 2.05) is 4.72 Å². The Labute approximate surface area is 117 Å². The summed E-state index contributed by atoms with van der Waals surface area (Å²) in [6, 6.07) is 3.90. The molecule has 10 nitrogen and oxygen atoms in total. The third-order valence-electron chi connectivity index (χ3n) is 2.45. The van der Waals surface area contributed by atoms with Gasteiger partial charge in [-0.25, -0.2) is 4.79 Å². The zero-order valence-electron chi connectivity index (χ0n) is 10.2. The van der Waals surface area contributed by atoms with Crippen LogP contribution in [0, 0.1) is 10.1 Å². The first-order valence-corrected chi connectivity index (χ1v) is 6.83. The number of hydrogen-bond acceptors (Lipinski definition) is 6. The lowest BCUT2D eigenvalue weighted by atomic mass is 10.1. The number of carboxylic acid groups (broad SMARTS) is 1. The van der Waals surface area contributed by atoms with Gasteiger partial charge in [0.25, 0.3) is 15.7 Å². The molecule has 3 N–H and O–H groups in total. The second kappa shape index (κ2) is 5.20. The molecule has 2 rings (SSSR count). The number of H-pyrrole nitrogens is 1. The standard InChI is InChI=1S/C10H8N4O6S/c15-10(16)7-2-1-6(14(17)18)5-8(7)13-21(19,20)9-3-4-11-12-9/h1-5,13H,(H,11,12)(H,15,16).